The number of hydrogen-bond donors (Lipinski definition) is 3. The summed E-state index contributed by atoms with van der Waals surface area (Å²) in [6.07, 6.45) is 0. The number of rotatable bonds is 4. The first-order chi connectivity index (χ1) is 10.8. The van der Waals surface area contributed by atoms with Gasteiger partial charge in [-0.2, -0.15) is 0 Å². The molecule has 0 bridgehead atoms. The van der Waals surface area contributed by atoms with E-state index >= 15 is 0 Å². The topological polar surface area (TPSA) is 87.7 Å². The maximum absolute atomic E-state index is 4.55. The van der Waals surface area contributed by atoms with Crippen LogP contribution in [0.2, 0.25) is 0 Å². The molecule has 0 radical (unpaired) electrons. The number of benzene rings is 1. The Morgan fingerprint density at radius 2 is 1.32 bits per heavy atom. The van der Waals surface area contributed by atoms with Gasteiger partial charge in [-0.1, -0.05) is 30.3 Å². The van der Waals surface area contributed by atoms with Crippen LogP contribution in [0, 0.1) is 0 Å². The zero-order valence-corrected chi connectivity index (χ0v) is 12.7. The van der Waals surface area contributed by atoms with Crippen molar-refractivity contribution in [1.29, 1.82) is 0 Å². The van der Waals surface area contributed by atoms with E-state index in [1.165, 1.54) is 0 Å². The summed E-state index contributed by atoms with van der Waals surface area (Å²) in [5.74, 6) is 2.57. The lowest BCUT2D eigenvalue weighted by atomic mass is 10.2. The zero-order valence-electron chi connectivity index (χ0n) is 12.7. The van der Waals surface area contributed by atoms with E-state index in [-0.39, 0.29) is 0 Å². The molecule has 0 amide bonds. The van der Waals surface area contributed by atoms with Crippen LogP contribution in [-0.2, 0) is 0 Å². The van der Waals surface area contributed by atoms with Gasteiger partial charge in [-0.25, -0.2) is 19.9 Å². The van der Waals surface area contributed by atoms with Gasteiger partial charge in [0.1, 0.15) is 0 Å². The molecule has 3 N–H and O–H groups in total. The highest BCUT2D eigenvalue weighted by atomic mass is 15.1. The highest BCUT2D eigenvalue weighted by Gasteiger charge is 2.14. The Labute approximate surface area is 128 Å². The van der Waals surface area contributed by atoms with E-state index in [2.05, 4.69) is 35.9 Å². The maximum Gasteiger partial charge on any atom is 0.186 e. The Balaban J connectivity index is 2.27. The van der Waals surface area contributed by atoms with Crippen LogP contribution in [0.1, 0.15) is 0 Å². The van der Waals surface area contributed by atoms with Gasteiger partial charge in [0.25, 0.3) is 0 Å². The van der Waals surface area contributed by atoms with Gasteiger partial charge in [0.2, 0.25) is 0 Å². The molecule has 3 aromatic rings. The third-order valence-corrected chi connectivity index (χ3v) is 3.27. The Morgan fingerprint density at radius 1 is 0.682 bits per heavy atom. The van der Waals surface area contributed by atoms with Crippen molar-refractivity contribution in [3.05, 3.63) is 30.3 Å². The third-order valence-electron chi connectivity index (χ3n) is 3.27. The van der Waals surface area contributed by atoms with Gasteiger partial charge in [0, 0.05) is 26.7 Å². The number of hydrogen-bond acceptors (Lipinski definition) is 7. The lowest BCUT2D eigenvalue weighted by Gasteiger charge is -2.11. The summed E-state index contributed by atoms with van der Waals surface area (Å²) in [5.41, 5.74) is 2.11. The standard InChI is InChI=1S/C15H17N7/c1-16-12-10-13(22-15(18-3)14(17-2)19-10)21-11(20-12)9-7-5-4-6-8-9/h4-8H,1-3H3,(H,17,19)(H2,16,18,20,21,22). The van der Waals surface area contributed by atoms with E-state index in [0.717, 1.165) is 5.56 Å². The molecule has 0 aliphatic carbocycles. The van der Waals surface area contributed by atoms with Crippen LogP contribution in [0.15, 0.2) is 30.3 Å². The molecule has 22 heavy (non-hydrogen) atoms. The summed E-state index contributed by atoms with van der Waals surface area (Å²) < 4.78 is 0. The molecule has 0 aliphatic rings. The van der Waals surface area contributed by atoms with E-state index < -0.39 is 0 Å². The molecule has 112 valence electrons. The first-order valence-corrected chi connectivity index (χ1v) is 6.95. The Kier molecular flexibility index (Phi) is 3.69. The van der Waals surface area contributed by atoms with E-state index in [4.69, 9.17) is 0 Å². The average Bonchev–Trinajstić information content (AvgIpc) is 2.60. The van der Waals surface area contributed by atoms with E-state index in [1.807, 2.05) is 37.4 Å². The quantitative estimate of drug-likeness (QED) is 0.680. The fourth-order valence-corrected chi connectivity index (χ4v) is 2.19. The van der Waals surface area contributed by atoms with Crippen molar-refractivity contribution in [2.75, 3.05) is 37.1 Å². The molecular weight excluding hydrogens is 278 g/mol. The molecule has 7 heteroatoms. The highest BCUT2D eigenvalue weighted by Crippen LogP contribution is 2.26. The van der Waals surface area contributed by atoms with Crippen molar-refractivity contribution in [2.24, 2.45) is 0 Å². The summed E-state index contributed by atoms with van der Waals surface area (Å²) in [7, 11) is 5.41. The Morgan fingerprint density at radius 3 is 1.95 bits per heavy atom. The summed E-state index contributed by atoms with van der Waals surface area (Å²) >= 11 is 0. The molecule has 0 fully saturated rings. The second-order valence-electron chi connectivity index (χ2n) is 4.60. The second-order valence-corrected chi connectivity index (χ2v) is 4.60. The predicted molar refractivity (Wildman–Crippen MR) is 89.2 cm³/mol. The van der Waals surface area contributed by atoms with Crippen molar-refractivity contribution in [3.63, 3.8) is 0 Å². The Hall–Kier alpha value is -2.96. The minimum atomic E-state index is 0.543. The third kappa shape index (κ3) is 2.37. The minimum absolute atomic E-state index is 0.543. The molecule has 0 saturated heterocycles. The van der Waals surface area contributed by atoms with Gasteiger partial charge in [-0.15, -0.1) is 0 Å². The van der Waals surface area contributed by atoms with Crippen LogP contribution in [0.4, 0.5) is 17.5 Å². The molecule has 0 atom stereocenters. The largest absolute Gasteiger partial charge is 0.371 e. The molecule has 7 nitrogen and oxygen atoms in total. The second kappa shape index (κ2) is 5.80. The average molecular weight is 295 g/mol. The van der Waals surface area contributed by atoms with Gasteiger partial charge < -0.3 is 16.0 Å². The summed E-state index contributed by atoms with van der Waals surface area (Å²) in [6, 6.07) is 9.80. The molecule has 0 aliphatic heterocycles. The number of anilines is 3. The zero-order chi connectivity index (χ0) is 15.5. The van der Waals surface area contributed by atoms with Gasteiger partial charge in [0.15, 0.2) is 34.4 Å². The van der Waals surface area contributed by atoms with Gasteiger partial charge in [-0.3, -0.25) is 0 Å². The number of aromatic nitrogens is 4. The van der Waals surface area contributed by atoms with Crippen molar-refractivity contribution in [2.45, 2.75) is 0 Å². The van der Waals surface area contributed by atoms with Crippen LogP contribution in [-0.4, -0.2) is 41.1 Å². The predicted octanol–water partition coefficient (Wildman–Crippen LogP) is 2.21. The molecule has 0 unspecified atom stereocenters. The fourth-order valence-electron chi connectivity index (χ4n) is 2.19. The highest BCUT2D eigenvalue weighted by molar-refractivity contribution is 5.87. The number of nitrogens with one attached hydrogen (secondary N) is 3. The van der Waals surface area contributed by atoms with Crippen molar-refractivity contribution >= 4 is 28.6 Å². The molecule has 1 aromatic carbocycles. The van der Waals surface area contributed by atoms with Crippen molar-refractivity contribution < 1.29 is 0 Å². The Bertz CT molecular complexity index is 802. The van der Waals surface area contributed by atoms with Crippen LogP contribution in [0.25, 0.3) is 22.6 Å². The molecule has 0 saturated carbocycles. The van der Waals surface area contributed by atoms with E-state index in [9.17, 15) is 0 Å². The molecule has 3 rings (SSSR count). The monoisotopic (exact) mass is 295 g/mol. The smallest absolute Gasteiger partial charge is 0.186 e. The van der Waals surface area contributed by atoms with Crippen molar-refractivity contribution in [3.8, 4) is 11.4 Å². The van der Waals surface area contributed by atoms with Crippen LogP contribution >= 0.6 is 0 Å². The lowest BCUT2D eigenvalue weighted by molar-refractivity contribution is 1.14. The maximum atomic E-state index is 4.55. The van der Waals surface area contributed by atoms with Gasteiger partial charge in [-0.05, 0) is 0 Å². The van der Waals surface area contributed by atoms with Crippen LogP contribution in [0.5, 0.6) is 0 Å². The molecule has 2 heterocycles. The first-order valence-electron chi connectivity index (χ1n) is 6.95. The fraction of sp³-hybridized carbons (Fsp3) is 0.200. The van der Waals surface area contributed by atoms with E-state index in [0.29, 0.717) is 34.4 Å². The van der Waals surface area contributed by atoms with Crippen LogP contribution < -0.4 is 16.0 Å². The molecule has 0 spiro atoms. The molecule has 2 aromatic heterocycles. The summed E-state index contributed by atoms with van der Waals surface area (Å²) in [6.45, 7) is 0. The number of fused-ring (bicyclic) bond motifs is 1. The van der Waals surface area contributed by atoms with Gasteiger partial charge >= 0.3 is 0 Å². The van der Waals surface area contributed by atoms with Crippen LogP contribution in [0.3, 0.4) is 0 Å². The minimum Gasteiger partial charge on any atom is -0.371 e. The van der Waals surface area contributed by atoms with Gasteiger partial charge in [0.05, 0.1) is 0 Å². The summed E-state index contributed by atoms with van der Waals surface area (Å²) in [5, 5.41) is 9.10. The normalized spacial score (nSPS) is 10.5. The first kappa shape index (κ1) is 14.0. The van der Waals surface area contributed by atoms with Crippen molar-refractivity contribution in [1.82, 2.24) is 19.9 Å². The number of nitrogens with zero attached hydrogens (tertiary/aromatic N) is 4. The molecular formula is C15H17N7. The lowest BCUT2D eigenvalue weighted by Crippen LogP contribution is -2.07. The summed E-state index contributed by atoms with van der Waals surface area (Å²) in [4.78, 5) is 18.2. The van der Waals surface area contributed by atoms with E-state index in [1.54, 1.807) is 14.1 Å². The SMILES string of the molecule is CNc1nc2nc(-c3ccccc3)nc(NC)c2nc1NC.